The Morgan fingerprint density at radius 3 is 2.29 bits per heavy atom. The van der Waals surface area contributed by atoms with Crippen LogP contribution >= 0.6 is 12.4 Å². The average molecular weight is 432 g/mol. The van der Waals surface area contributed by atoms with E-state index >= 15 is 0 Å². The maximum Gasteiger partial charge on any atom is 0.261 e. The molecule has 2 aromatic carbocycles. The van der Waals surface area contributed by atoms with E-state index in [0.29, 0.717) is 11.8 Å². The molecule has 152 valence electrons. The van der Waals surface area contributed by atoms with Gasteiger partial charge in [-0.1, -0.05) is 6.42 Å². The van der Waals surface area contributed by atoms with Crippen molar-refractivity contribution in [3.8, 4) is 0 Å². The average Bonchev–Trinajstić information content (AvgIpc) is 2.66. The summed E-state index contributed by atoms with van der Waals surface area (Å²) < 4.78 is 53.0. The highest BCUT2D eigenvalue weighted by Gasteiger charge is 2.20. The van der Waals surface area contributed by atoms with E-state index in [1.165, 1.54) is 12.1 Å². The molecule has 6 nitrogen and oxygen atoms in total. The highest BCUT2D eigenvalue weighted by atomic mass is 35.5. The number of carbonyl (C=O) groups excluding carboxylic acids is 1. The number of hydrogen-bond acceptors (Lipinski definition) is 4. The molecule has 3 rings (SSSR count). The monoisotopic (exact) mass is 431 g/mol. The number of piperidine rings is 1. The normalized spacial score (nSPS) is 16.7. The maximum absolute atomic E-state index is 13.3. The number of anilines is 2. The third kappa shape index (κ3) is 5.40. The Labute approximate surface area is 168 Å². The lowest BCUT2D eigenvalue weighted by Gasteiger charge is -2.22. The first-order chi connectivity index (χ1) is 12.8. The number of halogens is 3. The summed E-state index contributed by atoms with van der Waals surface area (Å²) in [6.45, 7) is 0.808. The second-order valence-corrected chi connectivity index (χ2v) is 7.93. The molecular formula is C18H20ClF2N3O3S. The molecule has 1 fully saturated rings. The van der Waals surface area contributed by atoms with Crippen LogP contribution in [0.1, 0.15) is 19.3 Å². The Morgan fingerprint density at radius 1 is 1.00 bits per heavy atom. The fourth-order valence-electron chi connectivity index (χ4n) is 2.78. The highest BCUT2D eigenvalue weighted by molar-refractivity contribution is 7.92. The van der Waals surface area contributed by atoms with Crippen molar-refractivity contribution in [2.24, 2.45) is 0 Å². The van der Waals surface area contributed by atoms with E-state index in [0.717, 1.165) is 37.9 Å². The second-order valence-electron chi connectivity index (χ2n) is 6.25. The van der Waals surface area contributed by atoms with Crippen molar-refractivity contribution < 1.29 is 22.0 Å². The SMILES string of the molecule is Cl.O=C(Nc1ccc(NS(=O)(=O)c2ccc(F)c(F)c2)cc1)C1CCCCN1. The number of hydrogen-bond donors (Lipinski definition) is 3. The lowest BCUT2D eigenvalue weighted by Crippen LogP contribution is -2.43. The summed E-state index contributed by atoms with van der Waals surface area (Å²) in [6, 6.07) is 8.18. The van der Waals surface area contributed by atoms with Crippen LogP contribution in [-0.4, -0.2) is 26.9 Å². The standard InChI is InChI=1S/C18H19F2N3O3S.ClH/c19-15-9-8-14(11-16(15)20)27(25,26)23-13-6-4-12(5-7-13)22-18(24)17-3-1-2-10-21-17;/h4-9,11,17,21,23H,1-3,10H2,(H,22,24);1H. The van der Waals surface area contributed by atoms with Gasteiger partial charge in [-0.2, -0.15) is 0 Å². The van der Waals surface area contributed by atoms with Gasteiger partial charge in [-0.3, -0.25) is 9.52 Å². The number of carbonyl (C=O) groups is 1. The van der Waals surface area contributed by atoms with Crippen molar-refractivity contribution in [3.63, 3.8) is 0 Å². The predicted octanol–water partition coefficient (Wildman–Crippen LogP) is 3.27. The zero-order valence-corrected chi connectivity index (χ0v) is 16.4. The molecule has 1 saturated heterocycles. The Balaban J connectivity index is 0.00000280. The molecule has 1 unspecified atom stereocenters. The van der Waals surface area contributed by atoms with Crippen LogP contribution in [0.4, 0.5) is 20.2 Å². The van der Waals surface area contributed by atoms with E-state index in [1.807, 2.05) is 0 Å². The molecule has 3 N–H and O–H groups in total. The highest BCUT2D eigenvalue weighted by Crippen LogP contribution is 2.20. The molecule has 0 radical (unpaired) electrons. The number of nitrogens with one attached hydrogen (secondary N) is 3. The molecule has 1 atom stereocenters. The minimum absolute atomic E-state index is 0. The van der Waals surface area contributed by atoms with Crippen LogP contribution in [0.3, 0.4) is 0 Å². The van der Waals surface area contributed by atoms with Crippen LogP contribution in [-0.2, 0) is 14.8 Å². The molecule has 1 aliphatic rings. The lowest BCUT2D eigenvalue weighted by molar-refractivity contribution is -0.118. The summed E-state index contributed by atoms with van der Waals surface area (Å²) in [5, 5.41) is 5.92. The van der Waals surface area contributed by atoms with Crippen molar-refractivity contribution in [2.45, 2.75) is 30.2 Å². The van der Waals surface area contributed by atoms with Crippen LogP contribution in [0.25, 0.3) is 0 Å². The zero-order valence-electron chi connectivity index (χ0n) is 14.7. The van der Waals surface area contributed by atoms with Crippen molar-refractivity contribution >= 4 is 39.7 Å². The van der Waals surface area contributed by atoms with Gasteiger partial charge in [-0.15, -0.1) is 12.4 Å². The minimum Gasteiger partial charge on any atom is -0.325 e. The maximum atomic E-state index is 13.3. The molecule has 0 bridgehead atoms. The summed E-state index contributed by atoms with van der Waals surface area (Å²) in [6.07, 6.45) is 2.82. The van der Waals surface area contributed by atoms with Crippen LogP contribution in [0.2, 0.25) is 0 Å². The quantitative estimate of drug-likeness (QED) is 0.678. The zero-order chi connectivity index (χ0) is 19.4. The molecule has 28 heavy (non-hydrogen) atoms. The van der Waals surface area contributed by atoms with E-state index in [-0.39, 0.29) is 34.9 Å². The number of amides is 1. The van der Waals surface area contributed by atoms with E-state index in [9.17, 15) is 22.0 Å². The van der Waals surface area contributed by atoms with Crippen molar-refractivity contribution in [3.05, 3.63) is 54.1 Å². The summed E-state index contributed by atoms with van der Waals surface area (Å²) in [5.74, 6) is -2.50. The van der Waals surface area contributed by atoms with Crippen molar-refractivity contribution in [1.29, 1.82) is 0 Å². The Morgan fingerprint density at radius 2 is 1.68 bits per heavy atom. The molecule has 0 saturated carbocycles. The number of sulfonamides is 1. The number of benzene rings is 2. The van der Waals surface area contributed by atoms with Gasteiger partial charge in [-0.25, -0.2) is 17.2 Å². The van der Waals surface area contributed by atoms with Gasteiger partial charge in [0.05, 0.1) is 10.9 Å². The largest absolute Gasteiger partial charge is 0.325 e. The summed E-state index contributed by atoms with van der Waals surface area (Å²) in [4.78, 5) is 11.8. The predicted molar refractivity (Wildman–Crippen MR) is 105 cm³/mol. The fraction of sp³-hybridized carbons (Fsp3) is 0.278. The Kier molecular flexibility index (Phi) is 7.34. The minimum atomic E-state index is -4.06. The van der Waals surface area contributed by atoms with Gasteiger partial charge < -0.3 is 10.6 Å². The van der Waals surface area contributed by atoms with Gasteiger partial charge in [0.15, 0.2) is 11.6 Å². The summed E-state index contributed by atoms with van der Waals surface area (Å²) >= 11 is 0. The lowest BCUT2D eigenvalue weighted by atomic mass is 10.0. The smallest absolute Gasteiger partial charge is 0.261 e. The number of rotatable bonds is 5. The van der Waals surface area contributed by atoms with E-state index < -0.39 is 21.7 Å². The molecule has 0 aliphatic carbocycles. The molecule has 0 spiro atoms. The third-order valence-electron chi connectivity index (χ3n) is 4.23. The molecule has 1 heterocycles. The van der Waals surface area contributed by atoms with Gasteiger partial charge in [0.2, 0.25) is 5.91 Å². The molecular weight excluding hydrogens is 412 g/mol. The first-order valence-electron chi connectivity index (χ1n) is 8.47. The summed E-state index contributed by atoms with van der Waals surface area (Å²) in [7, 11) is -4.06. The summed E-state index contributed by atoms with van der Waals surface area (Å²) in [5.41, 5.74) is 0.761. The fourth-order valence-corrected chi connectivity index (χ4v) is 3.85. The second kappa shape index (κ2) is 9.31. The molecule has 1 amide bonds. The van der Waals surface area contributed by atoms with E-state index in [4.69, 9.17) is 0 Å². The van der Waals surface area contributed by atoms with Crippen LogP contribution < -0.4 is 15.4 Å². The van der Waals surface area contributed by atoms with E-state index in [2.05, 4.69) is 15.4 Å². The molecule has 0 aromatic heterocycles. The van der Waals surface area contributed by atoms with Gasteiger partial charge >= 0.3 is 0 Å². The van der Waals surface area contributed by atoms with Gasteiger partial charge in [0.1, 0.15) is 0 Å². The molecule has 2 aromatic rings. The molecule has 10 heteroatoms. The van der Waals surface area contributed by atoms with Crippen molar-refractivity contribution in [2.75, 3.05) is 16.6 Å². The van der Waals surface area contributed by atoms with Crippen LogP contribution in [0.5, 0.6) is 0 Å². The Bertz CT molecular complexity index is 934. The van der Waals surface area contributed by atoms with Crippen molar-refractivity contribution in [1.82, 2.24) is 5.32 Å². The van der Waals surface area contributed by atoms with Gasteiger partial charge in [-0.05, 0) is 61.9 Å². The first-order valence-corrected chi connectivity index (χ1v) is 9.96. The van der Waals surface area contributed by atoms with E-state index in [1.54, 1.807) is 12.1 Å². The molecule has 1 aliphatic heterocycles. The van der Waals surface area contributed by atoms with Crippen LogP contribution in [0, 0.1) is 11.6 Å². The Hall–Kier alpha value is -2.23. The van der Waals surface area contributed by atoms with Gasteiger partial charge in [0, 0.05) is 11.4 Å². The first kappa shape index (κ1) is 22.1. The topological polar surface area (TPSA) is 87.3 Å². The third-order valence-corrected chi connectivity index (χ3v) is 5.61. The van der Waals surface area contributed by atoms with Gasteiger partial charge in [0.25, 0.3) is 10.0 Å². The van der Waals surface area contributed by atoms with Crippen LogP contribution in [0.15, 0.2) is 47.4 Å².